The molecule has 0 amide bonds. The molecule has 5 nitrogen and oxygen atoms in total. The SMILES string of the molecule is C=C1CC(C(=O)O)C(C(=O)C(C(=O)OC)c2c(C)cc(C)cc2CC)C1. The van der Waals surface area contributed by atoms with Gasteiger partial charge in [-0.2, -0.15) is 0 Å². The molecule has 3 unspecified atom stereocenters. The second-order valence-electron chi connectivity index (χ2n) is 7.08. The summed E-state index contributed by atoms with van der Waals surface area (Å²) >= 11 is 0. The Morgan fingerprint density at radius 2 is 1.85 bits per heavy atom. The van der Waals surface area contributed by atoms with Gasteiger partial charge in [0, 0.05) is 5.92 Å². The van der Waals surface area contributed by atoms with E-state index in [1.807, 2.05) is 32.9 Å². The van der Waals surface area contributed by atoms with Crippen molar-refractivity contribution in [1.82, 2.24) is 0 Å². The molecule has 0 saturated heterocycles. The number of aryl methyl sites for hydroxylation is 3. The number of benzene rings is 1. The lowest BCUT2D eigenvalue weighted by Gasteiger charge is -2.24. The Morgan fingerprint density at radius 1 is 1.23 bits per heavy atom. The Kier molecular flexibility index (Phi) is 6.01. The van der Waals surface area contributed by atoms with Crippen molar-refractivity contribution in [3.05, 3.63) is 46.5 Å². The van der Waals surface area contributed by atoms with Gasteiger partial charge in [-0.3, -0.25) is 14.4 Å². The Bertz CT molecular complexity index is 762. The molecule has 1 aromatic rings. The zero-order chi connectivity index (χ0) is 19.6. The minimum atomic E-state index is -1.10. The zero-order valence-corrected chi connectivity index (χ0v) is 15.8. The summed E-state index contributed by atoms with van der Waals surface area (Å²) in [5.74, 6) is -4.74. The zero-order valence-electron chi connectivity index (χ0n) is 15.8. The molecule has 1 aromatic carbocycles. The van der Waals surface area contributed by atoms with E-state index in [2.05, 4.69) is 6.58 Å². The minimum absolute atomic E-state index is 0.271. The normalized spacial score (nSPS) is 20.7. The van der Waals surface area contributed by atoms with Gasteiger partial charge in [0.1, 0.15) is 5.92 Å². The van der Waals surface area contributed by atoms with E-state index in [9.17, 15) is 19.5 Å². The van der Waals surface area contributed by atoms with Crippen molar-refractivity contribution in [3.8, 4) is 0 Å². The maximum atomic E-state index is 13.3. The molecule has 3 atom stereocenters. The summed E-state index contributed by atoms with van der Waals surface area (Å²) in [6.45, 7) is 9.65. The third kappa shape index (κ3) is 3.71. The summed E-state index contributed by atoms with van der Waals surface area (Å²) in [4.78, 5) is 37.5. The molecular weight excluding hydrogens is 332 g/mol. The van der Waals surface area contributed by atoms with E-state index in [0.717, 1.165) is 22.3 Å². The molecule has 1 fully saturated rings. The van der Waals surface area contributed by atoms with Gasteiger partial charge in [0.05, 0.1) is 13.0 Å². The number of aliphatic carboxylic acids is 1. The van der Waals surface area contributed by atoms with Crippen LogP contribution >= 0.6 is 0 Å². The Hall–Kier alpha value is -2.43. The number of methoxy groups -OCH3 is 1. The van der Waals surface area contributed by atoms with Crippen molar-refractivity contribution in [2.75, 3.05) is 7.11 Å². The Balaban J connectivity index is 2.56. The summed E-state index contributed by atoms with van der Waals surface area (Å²) in [6.07, 6.45) is 1.24. The molecule has 1 N–H and O–H groups in total. The van der Waals surface area contributed by atoms with Crippen LogP contribution in [0.2, 0.25) is 0 Å². The quantitative estimate of drug-likeness (QED) is 0.479. The van der Waals surface area contributed by atoms with Crippen molar-refractivity contribution >= 4 is 17.7 Å². The van der Waals surface area contributed by atoms with Crippen LogP contribution in [-0.4, -0.2) is 29.9 Å². The lowest BCUT2D eigenvalue weighted by Crippen LogP contribution is -2.34. The van der Waals surface area contributed by atoms with Crippen LogP contribution in [0.1, 0.15) is 47.9 Å². The van der Waals surface area contributed by atoms with Gasteiger partial charge in [-0.1, -0.05) is 36.8 Å². The molecule has 1 saturated carbocycles. The molecule has 2 rings (SSSR count). The topological polar surface area (TPSA) is 80.7 Å². The van der Waals surface area contributed by atoms with Gasteiger partial charge in [0.15, 0.2) is 5.78 Å². The summed E-state index contributed by atoms with van der Waals surface area (Å²) < 4.78 is 4.93. The van der Waals surface area contributed by atoms with Crippen LogP contribution in [0.25, 0.3) is 0 Å². The largest absolute Gasteiger partial charge is 0.481 e. The second-order valence-corrected chi connectivity index (χ2v) is 7.08. The number of hydrogen-bond acceptors (Lipinski definition) is 4. The fourth-order valence-corrected chi connectivity index (χ4v) is 4.03. The Labute approximate surface area is 154 Å². The smallest absolute Gasteiger partial charge is 0.320 e. The lowest BCUT2D eigenvalue weighted by atomic mass is 9.78. The van der Waals surface area contributed by atoms with Crippen molar-refractivity contribution in [3.63, 3.8) is 0 Å². The van der Waals surface area contributed by atoms with Crippen LogP contribution in [-0.2, 0) is 25.5 Å². The molecule has 0 heterocycles. The number of hydrogen-bond donors (Lipinski definition) is 1. The molecule has 5 heteroatoms. The molecule has 0 aromatic heterocycles. The number of ether oxygens (including phenoxy) is 1. The Morgan fingerprint density at radius 3 is 2.38 bits per heavy atom. The highest BCUT2D eigenvalue weighted by molar-refractivity contribution is 6.07. The molecule has 140 valence electrons. The van der Waals surface area contributed by atoms with Crippen LogP contribution in [0.4, 0.5) is 0 Å². The van der Waals surface area contributed by atoms with Crippen molar-refractivity contribution in [2.45, 2.75) is 46.0 Å². The van der Waals surface area contributed by atoms with E-state index in [-0.39, 0.29) is 12.2 Å². The van der Waals surface area contributed by atoms with Crippen LogP contribution in [0, 0.1) is 25.7 Å². The summed E-state index contributed by atoms with van der Waals surface area (Å²) in [6, 6.07) is 3.90. The first-order valence-electron chi connectivity index (χ1n) is 8.82. The van der Waals surface area contributed by atoms with Gasteiger partial charge in [-0.15, -0.1) is 0 Å². The second kappa shape index (κ2) is 7.85. The van der Waals surface area contributed by atoms with E-state index in [4.69, 9.17) is 4.74 Å². The number of Topliss-reactive ketones (excluding diaryl/α,β-unsaturated/α-hetero) is 1. The summed E-state index contributed by atoms with van der Waals surface area (Å²) in [7, 11) is 1.25. The summed E-state index contributed by atoms with van der Waals surface area (Å²) in [5.41, 5.74) is 4.19. The molecule has 1 aliphatic carbocycles. The summed E-state index contributed by atoms with van der Waals surface area (Å²) in [5, 5.41) is 9.48. The van der Waals surface area contributed by atoms with Crippen molar-refractivity contribution in [2.24, 2.45) is 11.8 Å². The van der Waals surface area contributed by atoms with Crippen molar-refractivity contribution in [1.29, 1.82) is 0 Å². The molecule has 0 bridgehead atoms. The maximum Gasteiger partial charge on any atom is 0.320 e. The van der Waals surface area contributed by atoms with E-state index in [1.54, 1.807) is 0 Å². The van der Waals surface area contributed by atoms with Gasteiger partial charge in [0.2, 0.25) is 0 Å². The molecular formula is C21H26O5. The van der Waals surface area contributed by atoms with Gasteiger partial charge < -0.3 is 9.84 Å². The van der Waals surface area contributed by atoms with Gasteiger partial charge in [-0.05, 0) is 49.8 Å². The van der Waals surface area contributed by atoms with Crippen molar-refractivity contribution < 1.29 is 24.2 Å². The molecule has 0 aliphatic heterocycles. The van der Waals surface area contributed by atoms with Gasteiger partial charge in [-0.25, -0.2) is 0 Å². The molecule has 1 aliphatic rings. The number of carbonyl (C=O) groups is 3. The third-order valence-corrected chi connectivity index (χ3v) is 5.19. The standard InChI is InChI=1S/C21H26O5/c1-6-14-8-11(2)7-13(4)17(14)18(21(25)26-5)19(22)15-9-12(3)10-16(15)20(23)24/h7-8,15-16,18H,3,6,9-10H2,1-2,4-5H3,(H,23,24). The first-order chi connectivity index (χ1) is 12.2. The number of esters is 1. The maximum absolute atomic E-state index is 13.3. The first kappa shape index (κ1) is 19.9. The number of carboxylic acid groups (broad SMARTS) is 1. The number of carboxylic acids is 1. The molecule has 0 spiro atoms. The fourth-order valence-electron chi connectivity index (χ4n) is 4.03. The predicted octanol–water partition coefficient (Wildman–Crippen LogP) is 3.36. The van der Waals surface area contributed by atoms with Crippen LogP contribution in [0.3, 0.4) is 0 Å². The van der Waals surface area contributed by atoms with E-state index >= 15 is 0 Å². The van der Waals surface area contributed by atoms with Crippen LogP contribution in [0.5, 0.6) is 0 Å². The van der Waals surface area contributed by atoms with E-state index in [0.29, 0.717) is 18.4 Å². The first-order valence-corrected chi connectivity index (χ1v) is 8.82. The van der Waals surface area contributed by atoms with Crippen LogP contribution in [0.15, 0.2) is 24.3 Å². The van der Waals surface area contributed by atoms with E-state index in [1.165, 1.54) is 7.11 Å². The average Bonchev–Trinajstić information content (AvgIpc) is 2.98. The monoisotopic (exact) mass is 358 g/mol. The number of ketones is 1. The lowest BCUT2D eigenvalue weighted by molar-refractivity contribution is -0.151. The highest BCUT2D eigenvalue weighted by Gasteiger charge is 2.45. The number of rotatable bonds is 6. The highest BCUT2D eigenvalue weighted by atomic mass is 16.5. The fraction of sp³-hybridized carbons (Fsp3) is 0.476. The van der Waals surface area contributed by atoms with Crippen LogP contribution < -0.4 is 0 Å². The minimum Gasteiger partial charge on any atom is -0.481 e. The average molecular weight is 358 g/mol. The van der Waals surface area contributed by atoms with E-state index < -0.39 is 29.7 Å². The molecule has 0 radical (unpaired) electrons. The predicted molar refractivity (Wildman–Crippen MR) is 98.0 cm³/mol. The molecule has 26 heavy (non-hydrogen) atoms. The highest BCUT2D eigenvalue weighted by Crippen LogP contribution is 2.40. The number of carbonyl (C=O) groups excluding carboxylic acids is 2. The number of allylic oxidation sites excluding steroid dienone is 1. The van der Waals surface area contributed by atoms with Gasteiger partial charge >= 0.3 is 11.9 Å². The van der Waals surface area contributed by atoms with Gasteiger partial charge in [0.25, 0.3) is 0 Å². The third-order valence-electron chi connectivity index (χ3n) is 5.19.